The summed E-state index contributed by atoms with van der Waals surface area (Å²) in [4.78, 5) is 3.95. The van der Waals surface area contributed by atoms with Crippen LogP contribution in [0.3, 0.4) is 0 Å². The van der Waals surface area contributed by atoms with Gasteiger partial charge >= 0.3 is 0 Å². The van der Waals surface area contributed by atoms with E-state index >= 15 is 0 Å². The van der Waals surface area contributed by atoms with Gasteiger partial charge in [-0.05, 0) is 31.5 Å². The third-order valence-electron chi connectivity index (χ3n) is 2.01. The van der Waals surface area contributed by atoms with Gasteiger partial charge in [-0.1, -0.05) is 0 Å². The SMILES string of the molecule is CC(N[C@@H](C)CO)c1ccncc1. The van der Waals surface area contributed by atoms with E-state index in [4.69, 9.17) is 5.11 Å². The Morgan fingerprint density at radius 1 is 1.38 bits per heavy atom. The maximum Gasteiger partial charge on any atom is 0.0582 e. The van der Waals surface area contributed by atoms with Crippen LogP contribution in [-0.4, -0.2) is 22.7 Å². The third-order valence-corrected chi connectivity index (χ3v) is 2.01. The van der Waals surface area contributed by atoms with E-state index < -0.39 is 0 Å². The first kappa shape index (κ1) is 10.2. The molecule has 0 aliphatic carbocycles. The fourth-order valence-electron chi connectivity index (χ4n) is 1.23. The number of aromatic nitrogens is 1. The van der Waals surface area contributed by atoms with Gasteiger partial charge in [-0.3, -0.25) is 4.98 Å². The van der Waals surface area contributed by atoms with E-state index in [2.05, 4.69) is 17.2 Å². The summed E-state index contributed by atoms with van der Waals surface area (Å²) in [5.41, 5.74) is 1.19. The summed E-state index contributed by atoms with van der Waals surface area (Å²) >= 11 is 0. The largest absolute Gasteiger partial charge is 0.395 e. The van der Waals surface area contributed by atoms with Gasteiger partial charge < -0.3 is 10.4 Å². The highest BCUT2D eigenvalue weighted by Crippen LogP contribution is 2.10. The molecule has 0 aliphatic rings. The highest BCUT2D eigenvalue weighted by atomic mass is 16.3. The van der Waals surface area contributed by atoms with Crippen molar-refractivity contribution in [3.8, 4) is 0 Å². The van der Waals surface area contributed by atoms with Crippen LogP contribution >= 0.6 is 0 Å². The van der Waals surface area contributed by atoms with E-state index in [-0.39, 0.29) is 18.7 Å². The smallest absolute Gasteiger partial charge is 0.0582 e. The summed E-state index contributed by atoms with van der Waals surface area (Å²) < 4.78 is 0. The molecule has 0 radical (unpaired) electrons. The molecule has 1 aromatic heterocycles. The summed E-state index contributed by atoms with van der Waals surface area (Å²) in [5, 5.41) is 12.1. The second-order valence-corrected chi connectivity index (χ2v) is 3.25. The molecule has 2 N–H and O–H groups in total. The first-order valence-electron chi connectivity index (χ1n) is 4.51. The Balaban J connectivity index is 2.53. The van der Waals surface area contributed by atoms with Crippen molar-refractivity contribution in [3.63, 3.8) is 0 Å². The number of nitrogens with zero attached hydrogens (tertiary/aromatic N) is 1. The molecule has 1 aromatic rings. The molecule has 0 amide bonds. The standard InChI is InChI=1S/C10H16N2O/c1-8(7-13)12-9(2)10-3-5-11-6-4-10/h3-6,8-9,12-13H,7H2,1-2H3/t8-,9?/m0/s1. The molecule has 1 rings (SSSR count). The first-order valence-corrected chi connectivity index (χ1v) is 4.51. The molecular formula is C10H16N2O. The lowest BCUT2D eigenvalue weighted by Crippen LogP contribution is -2.31. The molecule has 1 unspecified atom stereocenters. The van der Waals surface area contributed by atoms with Crippen LogP contribution in [0.15, 0.2) is 24.5 Å². The molecular weight excluding hydrogens is 164 g/mol. The quantitative estimate of drug-likeness (QED) is 0.729. The van der Waals surface area contributed by atoms with E-state index in [0.29, 0.717) is 0 Å². The Morgan fingerprint density at radius 2 is 2.00 bits per heavy atom. The van der Waals surface area contributed by atoms with Crippen molar-refractivity contribution in [2.75, 3.05) is 6.61 Å². The van der Waals surface area contributed by atoms with Gasteiger partial charge in [-0.15, -0.1) is 0 Å². The van der Waals surface area contributed by atoms with E-state index in [1.165, 1.54) is 5.56 Å². The fourth-order valence-corrected chi connectivity index (χ4v) is 1.23. The number of pyridine rings is 1. The number of hydrogen-bond acceptors (Lipinski definition) is 3. The van der Waals surface area contributed by atoms with Crippen LogP contribution in [0.2, 0.25) is 0 Å². The van der Waals surface area contributed by atoms with Crippen LogP contribution in [-0.2, 0) is 0 Å². The Hall–Kier alpha value is -0.930. The Kier molecular flexibility index (Phi) is 3.86. The highest BCUT2D eigenvalue weighted by molar-refractivity contribution is 5.13. The molecule has 3 heteroatoms. The monoisotopic (exact) mass is 180 g/mol. The molecule has 0 saturated carbocycles. The van der Waals surface area contributed by atoms with Crippen molar-refractivity contribution in [1.29, 1.82) is 0 Å². The second kappa shape index (κ2) is 4.94. The van der Waals surface area contributed by atoms with Crippen molar-refractivity contribution in [1.82, 2.24) is 10.3 Å². The minimum Gasteiger partial charge on any atom is -0.395 e. The normalized spacial score (nSPS) is 15.3. The summed E-state index contributed by atoms with van der Waals surface area (Å²) in [7, 11) is 0. The van der Waals surface area contributed by atoms with Crippen LogP contribution in [0.4, 0.5) is 0 Å². The van der Waals surface area contributed by atoms with E-state index in [9.17, 15) is 0 Å². The van der Waals surface area contributed by atoms with Gasteiger partial charge in [0.2, 0.25) is 0 Å². The van der Waals surface area contributed by atoms with Crippen LogP contribution in [0.5, 0.6) is 0 Å². The number of aliphatic hydroxyl groups excluding tert-OH is 1. The lowest BCUT2D eigenvalue weighted by molar-refractivity contribution is 0.243. The van der Waals surface area contributed by atoms with Gasteiger partial charge in [0.1, 0.15) is 0 Å². The molecule has 1 heterocycles. The molecule has 0 fully saturated rings. The summed E-state index contributed by atoms with van der Waals surface area (Å²) in [5.74, 6) is 0. The lowest BCUT2D eigenvalue weighted by Gasteiger charge is -2.18. The number of aliphatic hydroxyl groups is 1. The molecule has 0 saturated heterocycles. The van der Waals surface area contributed by atoms with E-state index in [1.807, 2.05) is 19.1 Å². The third kappa shape index (κ3) is 3.13. The van der Waals surface area contributed by atoms with Crippen LogP contribution < -0.4 is 5.32 Å². The van der Waals surface area contributed by atoms with E-state index in [1.54, 1.807) is 12.4 Å². The molecule has 3 nitrogen and oxygen atoms in total. The second-order valence-electron chi connectivity index (χ2n) is 3.25. The van der Waals surface area contributed by atoms with Crippen LogP contribution in [0.1, 0.15) is 25.5 Å². The summed E-state index contributed by atoms with van der Waals surface area (Å²) in [6, 6.07) is 4.33. The van der Waals surface area contributed by atoms with Crippen molar-refractivity contribution >= 4 is 0 Å². The molecule has 0 bridgehead atoms. The number of nitrogens with one attached hydrogen (secondary N) is 1. The van der Waals surface area contributed by atoms with Gasteiger partial charge in [0, 0.05) is 24.5 Å². The highest BCUT2D eigenvalue weighted by Gasteiger charge is 2.07. The maximum atomic E-state index is 8.86. The summed E-state index contributed by atoms with van der Waals surface area (Å²) in [6.45, 7) is 4.19. The van der Waals surface area contributed by atoms with Gasteiger partial charge in [-0.2, -0.15) is 0 Å². The van der Waals surface area contributed by atoms with Crippen molar-refractivity contribution in [3.05, 3.63) is 30.1 Å². The van der Waals surface area contributed by atoms with E-state index in [0.717, 1.165) is 0 Å². The summed E-state index contributed by atoms with van der Waals surface area (Å²) in [6.07, 6.45) is 3.55. The van der Waals surface area contributed by atoms with Crippen molar-refractivity contribution in [2.45, 2.75) is 25.9 Å². The predicted molar refractivity (Wildman–Crippen MR) is 52.3 cm³/mol. The fraction of sp³-hybridized carbons (Fsp3) is 0.500. The zero-order chi connectivity index (χ0) is 9.68. The Morgan fingerprint density at radius 3 is 2.54 bits per heavy atom. The maximum absolute atomic E-state index is 8.86. The average Bonchev–Trinajstić information content (AvgIpc) is 2.19. The van der Waals surface area contributed by atoms with Crippen molar-refractivity contribution < 1.29 is 5.11 Å². The molecule has 13 heavy (non-hydrogen) atoms. The Labute approximate surface area is 78.8 Å². The molecule has 72 valence electrons. The van der Waals surface area contributed by atoms with Crippen molar-refractivity contribution in [2.24, 2.45) is 0 Å². The zero-order valence-electron chi connectivity index (χ0n) is 8.07. The Bertz CT molecular complexity index is 238. The van der Waals surface area contributed by atoms with Crippen LogP contribution in [0, 0.1) is 0 Å². The molecule has 0 aromatic carbocycles. The van der Waals surface area contributed by atoms with Gasteiger partial charge in [0.25, 0.3) is 0 Å². The number of rotatable bonds is 4. The molecule has 0 spiro atoms. The van der Waals surface area contributed by atoms with Gasteiger partial charge in [0.15, 0.2) is 0 Å². The minimum atomic E-state index is 0.128. The predicted octanol–water partition coefficient (Wildman–Crippen LogP) is 1.11. The zero-order valence-corrected chi connectivity index (χ0v) is 8.07. The lowest BCUT2D eigenvalue weighted by atomic mass is 10.1. The topological polar surface area (TPSA) is 45.1 Å². The molecule has 0 aliphatic heterocycles. The van der Waals surface area contributed by atoms with Crippen LogP contribution in [0.25, 0.3) is 0 Å². The average molecular weight is 180 g/mol. The minimum absolute atomic E-state index is 0.128. The first-order chi connectivity index (χ1) is 6.24. The molecule has 2 atom stereocenters. The number of hydrogen-bond donors (Lipinski definition) is 2. The van der Waals surface area contributed by atoms with Gasteiger partial charge in [-0.25, -0.2) is 0 Å². The van der Waals surface area contributed by atoms with Gasteiger partial charge in [0.05, 0.1) is 6.61 Å².